The number of hydrogen-bond acceptors (Lipinski definition) is 8. The molecule has 5 N–H and O–H groups in total. The van der Waals surface area contributed by atoms with Crippen molar-refractivity contribution >= 4 is 17.7 Å². The van der Waals surface area contributed by atoms with E-state index in [0.717, 1.165) is 12.1 Å². The molecule has 212 valence electrons. The van der Waals surface area contributed by atoms with Crippen LogP contribution in [-0.4, -0.2) is 73.3 Å². The van der Waals surface area contributed by atoms with E-state index in [1.807, 2.05) is 0 Å². The normalized spacial score (nSPS) is 10.7. The molecule has 3 rings (SSSR count). The Morgan fingerprint density at radius 2 is 1.25 bits per heavy atom. The summed E-state index contributed by atoms with van der Waals surface area (Å²) in [5.74, 6) is -3.08. The minimum Gasteiger partial charge on any atom is -0.508 e. The summed E-state index contributed by atoms with van der Waals surface area (Å²) >= 11 is 0. The summed E-state index contributed by atoms with van der Waals surface area (Å²) in [6.45, 7) is -0.0210. The summed E-state index contributed by atoms with van der Waals surface area (Å²) in [7, 11) is 2.98. The number of nitrogens with zero attached hydrogens (tertiary/aromatic N) is 3. The van der Waals surface area contributed by atoms with Crippen molar-refractivity contribution in [3.63, 3.8) is 0 Å². The Morgan fingerprint density at radius 1 is 0.775 bits per heavy atom. The van der Waals surface area contributed by atoms with Crippen molar-refractivity contribution < 1.29 is 29.7 Å². The van der Waals surface area contributed by atoms with Crippen molar-refractivity contribution in [2.24, 2.45) is 14.1 Å². The van der Waals surface area contributed by atoms with Crippen LogP contribution in [0.1, 0.15) is 33.0 Å². The summed E-state index contributed by atoms with van der Waals surface area (Å²) in [6, 6.07) is 8.86. The lowest BCUT2D eigenvalue weighted by molar-refractivity contribution is -0.131. The second-order valence-electron chi connectivity index (χ2n) is 9.00. The fraction of sp³-hybridized carbons (Fsp3) is 0.296. The molecule has 1 aromatic carbocycles. The van der Waals surface area contributed by atoms with E-state index in [-0.39, 0.29) is 62.1 Å². The smallest absolute Gasteiger partial charge is 0.271 e. The van der Waals surface area contributed by atoms with E-state index in [4.69, 9.17) is 0 Å². The van der Waals surface area contributed by atoms with Gasteiger partial charge in [0.25, 0.3) is 11.8 Å². The number of carbonyl (C=O) groups excluding carboxylic acids is 3. The first-order chi connectivity index (χ1) is 19.0. The van der Waals surface area contributed by atoms with Crippen LogP contribution in [0, 0.1) is 0 Å². The van der Waals surface area contributed by atoms with Crippen LogP contribution < -0.4 is 21.5 Å². The molecule has 0 saturated heterocycles. The van der Waals surface area contributed by atoms with Gasteiger partial charge in [-0.05, 0) is 18.1 Å². The van der Waals surface area contributed by atoms with E-state index in [1.54, 1.807) is 18.2 Å². The van der Waals surface area contributed by atoms with Gasteiger partial charge in [-0.25, -0.2) is 0 Å². The predicted octanol–water partition coefficient (Wildman–Crippen LogP) is -0.178. The Hall–Kier alpha value is -5.07. The molecule has 3 aromatic rings. The van der Waals surface area contributed by atoms with Gasteiger partial charge in [0.2, 0.25) is 16.8 Å². The molecule has 40 heavy (non-hydrogen) atoms. The molecule has 0 spiro atoms. The number of benzene rings is 1. The molecule has 0 unspecified atom stereocenters. The van der Waals surface area contributed by atoms with Crippen molar-refractivity contribution in [3.8, 4) is 17.2 Å². The van der Waals surface area contributed by atoms with Crippen LogP contribution in [0.25, 0.3) is 0 Å². The zero-order chi connectivity index (χ0) is 29.4. The third-order valence-corrected chi connectivity index (χ3v) is 6.24. The van der Waals surface area contributed by atoms with Crippen LogP contribution in [0.15, 0.2) is 58.4 Å². The molecule has 13 nitrogen and oxygen atoms in total. The van der Waals surface area contributed by atoms with E-state index in [0.29, 0.717) is 5.56 Å². The molecule has 0 fully saturated rings. The topological polar surface area (TPSA) is 183 Å². The number of amides is 3. The van der Waals surface area contributed by atoms with Gasteiger partial charge in [0.15, 0.2) is 22.9 Å². The lowest BCUT2D eigenvalue weighted by Crippen LogP contribution is -2.43. The summed E-state index contributed by atoms with van der Waals surface area (Å²) in [5.41, 5.74) is -1.29. The second kappa shape index (κ2) is 13.1. The molecule has 0 bridgehead atoms. The summed E-state index contributed by atoms with van der Waals surface area (Å²) in [6.07, 6.45) is 2.96. The Morgan fingerprint density at radius 3 is 1.73 bits per heavy atom. The Bertz CT molecular complexity index is 1440. The van der Waals surface area contributed by atoms with Gasteiger partial charge in [-0.15, -0.1) is 0 Å². The number of rotatable bonds is 11. The number of hydrogen-bond donors (Lipinski definition) is 5. The maximum absolute atomic E-state index is 13.1. The first kappa shape index (κ1) is 29.5. The highest BCUT2D eigenvalue weighted by molar-refractivity contribution is 5.95. The predicted molar refractivity (Wildman–Crippen MR) is 144 cm³/mol. The molecule has 3 amide bonds. The molecule has 0 saturated carbocycles. The van der Waals surface area contributed by atoms with Gasteiger partial charge >= 0.3 is 0 Å². The van der Waals surface area contributed by atoms with Gasteiger partial charge in [-0.1, -0.05) is 18.2 Å². The number of phenolic OH excluding ortho intramolecular Hbond substituents is 1. The van der Waals surface area contributed by atoms with Crippen LogP contribution in [0.4, 0.5) is 0 Å². The Kier molecular flexibility index (Phi) is 9.68. The summed E-state index contributed by atoms with van der Waals surface area (Å²) in [5, 5.41) is 35.2. The fourth-order valence-corrected chi connectivity index (χ4v) is 4.03. The van der Waals surface area contributed by atoms with Gasteiger partial charge in [0.1, 0.15) is 5.75 Å². The fourth-order valence-electron chi connectivity index (χ4n) is 4.03. The molecule has 2 aromatic heterocycles. The number of pyridine rings is 2. The Balaban J connectivity index is 1.67. The highest BCUT2D eigenvalue weighted by Gasteiger charge is 2.20. The van der Waals surface area contributed by atoms with Gasteiger partial charge in [-0.2, -0.15) is 0 Å². The van der Waals surface area contributed by atoms with E-state index < -0.39 is 34.2 Å². The average Bonchev–Trinajstić information content (AvgIpc) is 2.91. The largest absolute Gasteiger partial charge is 0.508 e. The van der Waals surface area contributed by atoms with Crippen molar-refractivity contribution in [1.82, 2.24) is 24.7 Å². The van der Waals surface area contributed by atoms with Crippen LogP contribution >= 0.6 is 0 Å². The number of aryl methyl sites for hydroxylation is 3. The second-order valence-corrected chi connectivity index (χ2v) is 9.00. The molecule has 0 radical (unpaired) electrons. The SMILES string of the molecule is Cn1ccc(=O)c(O)c1C(=O)NCCN(CCNC(=O)c1c(O)c(=O)ccn1C)C(=O)CCc1ccccc1O. The third kappa shape index (κ3) is 7.07. The third-order valence-electron chi connectivity index (χ3n) is 6.24. The molecule has 13 heteroatoms. The van der Waals surface area contributed by atoms with Crippen molar-refractivity contribution in [3.05, 3.63) is 86.2 Å². The molecule has 2 heterocycles. The quantitative estimate of drug-likeness (QED) is 0.217. The first-order valence-corrected chi connectivity index (χ1v) is 12.4. The maximum atomic E-state index is 13.1. The molecular formula is C27H31N5O8. The molecule has 0 atom stereocenters. The van der Waals surface area contributed by atoms with Crippen molar-refractivity contribution in [2.45, 2.75) is 12.8 Å². The van der Waals surface area contributed by atoms with Crippen LogP contribution in [0.5, 0.6) is 17.2 Å². The summed E-state index contributed by atoms with van der Waals surface area (Å²) in [4.78, 5) is 63.2. The van der Waals surface area contributed by atoms with Gasteiger partial charge in [0, 0.05) is 71.2 Å². The zero-order valence-electron chi connectivity index (χ0n) is 22.1. The van der Waals surface area contributed by atoms with E-state index in [1.165, 1.54) is 46.6 Å². The molecular weight excluding hydrogens is 522 g/mol. The van der Waals surface area contributed by atoms with Gasteiger partial charge < -0.3 is 40.0 Å². The minimum atomic E-state index is -0.715. The van der Waals surface area contributed by atoms with Gasteiger partial charge in [-0.3, -0.25) is 24.0 Å². The highest BCUT2D eigenvalue weighted by atomic mass is 16.3. The highest BCUT2D eigenvalue weighted by Crippen LogP contribution is 2.18. The summed E-state index contributed by atoms with van der Waals surface area (Å²) < 4.78 is 2.59. The number of nitrogens with one attached hydrogen (secondary N) is 2. The van der Waals surface area contributed by atoms with Crippen LogP contribution in [0.3, 0.4) is 0 Å². The Labute approximate surface area is 228 Å². The lowest BCUT2D eigenvalue weighted by Gasteiger charge is -2.24. The van der Waals surface area contributed by atoms with Gasteiger partial charge in [0.05, 0.1) is 0 Å². The maximum Gasteiger partial charge on any atom is 0.271 e. The molecule has 0 aliphatic carbocycles. The number of aromatic nitrogens is 2. The van der Waals surface area contributed by atoms with E-state index >= 15 is 0 Å². The monoisotopic (exact) mass is 553 g/mol. The van der Waals surface area contributed by atoms with Crippen LogP contribution in [-0.2, 0) is 25.3 Å². The molecule has 0 aliphatic heterocycles. The number of para-hydroxylation sites is 1. The van der Waals surface area contributed by atoms with Crippen molar-refractivity contribution in [2.75, 3.05) is 26.2 Å². The lowest BCUT2D eigenvalue weighted by atomic mass is 10.1. The van der Waals surface area contributed by atoms with Crippen molar-refractivity contribution in [1.29, 1.82) is 0 Å². The number of phenols is 1. The van der Waals surface area contributed by atoms with Crippen LogP contribution in [0.2, 0.25) is 0 Å². The number of aromatic hydroxyl groups is 3. The zero-order valence-corrected chi connectivity index (χ0v) is 22.1. The van der Waals surface area contributed by atoms with E-state index in [2.05, 4.69) is 10.6 Å². The first-order valence-electron chi connectivity index (χ1n) is 12.4. The molecule has 0 aliphatic rings. The average molecular weight is 554 g/mol. The van der Waals surface area contributed by atoms with E-state index in [9.17, 15) is 39.3 Å². The number of carbonyl (C=O) groups is 3. The minimum absolute atomic E-state index is 0.0256. The standard InChI is InChI=1S/C27H31N5O8/c1-30-13-9-19(34)24(37)22(30)26(39)28-11-15-32(21(36)8-7-17-5-3-4-6-18(17)33)16-12-29-27(40)23-25(38)20(35)10-14-31(23)2/h3-6,9-10,13-14,33,37-38H,7-8,11-12,15-16H2,1-2H3,(H,28,39)(H,29,40).